The van der Waals surface area contributed by atoms with E-state index in [9.17, 15) is 0 Å². The fourth-order valence-corrected chi connectivity index (χ4v) is 8.71. The van der Waals surface area contributed by atoms with Gasteiger partial charge in [0.1, 0.15) is 5.82 Å². The molecule has 0 spiro atoms. The molecule has 5 nitrogen and oxygen atoms in total. The predicted octanol–water partition coefficient (Wildman–Crippen LogP) is 14.5. The Morgan fingerprint density at radius 1 is 0.615 bits per heavy atom. The number of para-hydroxylation sites is 2. The minimum atomic E-state index is -0.577. The van der Waals surface area contributed by atoms with Crippen molar-refractivity contribution in [1.29, 1.82) is 0 Å². The average molecular weight is 1030 g/mol. The summed E-state index contributed by atoms with van der Waals surface area (Å²) in [5.74, 6) is 1.97. The largest absolute Gasteiger partial charge is 0.510 e. The SMILES string of the molecule is [2H]c1c([2H])c([2H])c(-c2cccc(-c3c([2H])c([2H])c([2H])c([2H])c3[2H])c2-[n+]2[c-]n(-c3[c-]c(Oc4[c-]c5c(cc4)c4ccccc4n5-c4cc(C(CC)CC)ccn4)ccc3)c3ccc(-c4ccccc4)cc32)c([2H])c1[2H].[Pt]. The summed E-state index contributed by atoms with van der Waals surface area (Å²) in [5.41, 5.74) is 6.44. The fraction of sp³-hybridized carbons (Fsp3) is 0.0847. The van der Waals surface area contributed by atoms with Crippen LogP contribution in [0.15, 0.2) is 200 Å². The Labute approximate surface area is 408 Å². The summed E-state index contributed by atoms with van der Waals surface area (Å²) in [6.45, 7) is 4.40. The zero-order valence-electron chi connectivity index (χ0n) is 45.3. The van der Waals surface area contributed by atoms with Gasteiger partial charge >= 0.3 is 0 Å². The monoisotopic (exact) mass is 1030 g/mol. The van der Waals surface area contributed by atoms with Gasteiger partial charge in [-0.15, -0.1) is 29.7 Å². The van der Waals surface area contributed by atoms with Crippen LogP contribution in [0.5, 0.6) is 11.5 Å². The van der Waals surface area contributed by atoms with Gasteiger partial charge in [-0.2, -0.15) is 18.2 Å². The van der Waals surface area contributed by atoms with Gasteiger partial charge in [-0.25, -0.2) is 4.98 Å². The van der Waals surface area contributed by atoms with E-state index < -0.39 is 60.4 Å². The number of nitrogens with zero attached hydrogens (tertiary/aromatic N) is 4. The molecule has 0 aliphatic heterocycles. The molecule has 0 atom stereocenters. The van der Waals surface area contributed by atoms with Crippen LogP contribution in [-0.4, -0.2) is 14.1 Å². The molecule has 11 aromatic rings. The number of hydrogen-bond donors (Lipinski definition) is 0. The molecule has 318 valence electrons. The summed E-state index contributed by atoms with van der Waals surface area (Å²) in [6, 6.07) is 43.7. The molecule has 65 heavy (non-hydrogen) atoms. The molecule has 3 heterocycles. The maximum Gasteiger partial charge on any atom is 0.268 e. The summed E-state index contributed by atoms with van der Waals surface area (Å²) < 4.78 is 100. The average Bonchev–Trinajstić information content (AvgIpc) is 3.99. The first kappa shape index (κ1) is 31.5. The van der Waals surface area contributed by atoms with E-state index >= 15 is 0 Å². The zero-order chi connectivity index (χ0) is 51.7. The number of rotatable bonds is 11. The van der Waals surface area contributed by atoms with Gasteiger partial charge in [0.2, 0.25) is 0 Å². The molecule has 0 fully saturated rings. The molecule has 6 heteroatoms. The van der Waals surface area contributed by atoms with E-state index in [-0.39, 0.29) is 49.0 Å². The van der Waals surface area contributed by atoms with Crippen molar-refractivity contribution in [2.24, 2.45) is 0 Å². The van der Waals surface area contributed by atoms with Crippen LogP contribution in [0, 0.1) is 18.5 Å². The third-order valence-corrected chi connectivity index (χ3v) is 11.8. The second-order valence-electron chi connectivity index (χ2n) is 15.4. The summed E-state index contributed by atoms with van der Waals surface area (Å²) in [4.78, 5) is 4.85. The Morgan fingerprint density at radius 3 is 2.05 bits per heavy atom. The summed E-state index contributed by atoms with van der Waals surface area (Å²) in [7, 11) is 0. The number of imidazole rings is 1. The molecule has 0 unspecified atom stereocenters. The normalized spacial score (nSPS) is 13.5. The van der Waals surface area contributed by atoms with Gasteiger partial charge in [0.25, 0.3) is 6.33 Å². The first-order valence-corrected chi connectivity index (χ1v) is 21.2. The minimum Gasteiger partial charge on any atom is -0.510 e. The quantitative estimate of drug-likeness (QED) is 0.0956. The number of pyridine rings is 1. The Morgan fingerprint density at radius 2 is 1.31 bits per heavy atom. The standard InChI is InChI=1S/C59H44N4O.Pt/c1-3-41(4-2)46-34-35-60-58(37-46)63-54-29-15-14-26-52(54)53-32-31-49(39-56(53)63)64-48-25-16-24-47(38-48)61-40-62(57-36-45(30-33-55(57)61)42-18-8-5-9-19-42)59-50(43-20-10-6-11-21-43)27-17-28-51(59)44-22-12-7-13-23-44;/h5-37,41H,3-4H2,1-2H3;/q-2;/i6D,7D,10D,11D,12D,13D,20D,21D,22D,23D;. The van der Waals surface area contributed by atoms with Crippen LogP contribution in [0.3, 0.4) is 0 Å². The second kappa shape index (κ2) is 18.0. The van der Waals surface area contributed by atoms with E-state index in [2.05, 4.69) is 61.1 Å². The third kappa shape index (κ3) is 7.77. The molecule has 0 N–H and O–H groups in total. The van der Waals surface area contributed by atoms with E-state index in [1.807, 2.05) is 91.1 Å². The number of fused-ring (bicyclic) bond motifs is 4. The van der Waals surface area contributed by atoms with Crippen LogP contribution < -0.4 is 9.30 Å². The van der Waals surface area contributed by atoms with E-state index in [1.165, 1.54) is 5.56 Å². The molecule has 0 aliphatic carbocycles. The van der Waals surface area contributed by atoms with E-state index in [0.29, 0.717) is 34.1 Å². The molecule has 3 aromatic heterocycles. The van der Waals surface area contributed by atoms with Gasteiger partial charge in [-0.3, -0.25) is 4.57 Å². The predicted molar refractivity (Wildman–Crippen MR) is 260 cm³/mol. The molecule has 0 amide bonds. The van der Waals surface area contributed by atoms with Crippen molar-refractivity contribution in [2.45, 2.75) is 32.6 Å². The van der Waals surface area contributed by atoms with Crippen molar-refractivity contribution in [3.63, 3.8) is 0 Å². The molecular weight excluding hydrogens is 976 g/mol. The van der Waals surface area contributed by atoms with Gasteiger partial charge in [0.15, 0.2) is 0 Å². The smallest absolute Gasteiger partial charge is 0.268 e. The van der Waals surface area contributed by atoms with Gasteiger partial charge in [0.05, 0.1) is 30.4 Å². The minimum absolute atomic E-state index is 0. The van der Waals surface area contributed by atoms with Gasteiger partial charge in [-0.1, -0.05) is 159 Å². The molecule has 0 saturated carbocycles. The maximum absolute atomic E-state index is 9.14. The molecule has 11 rings (SSSR count). The molecule has 0 aliphatic rings. The van der Waals surface area contributed by atoms with E-state index in [0.717, 1.165) is 51.6 Å². The topological polar surface area (TPSA) is 35.9 Å². The Bertz CT molecular complexity index is 3920. The Balaban J connectivity index is 0.00000641. The molecule has 0 bridgehead atoms. The summed E-state index contributed by atoms with van der Waals surface area (Å²) >= 11 is 0. The van der Waals surface area contributed by atoms with Crippen LogP contribution in [0.1, 0.15) is 51.9 Å². The Kier molecular flexibility index (Phi) is 8.74. The second-order valence-corrected chi connectivity index (χ2v) is 15.4. The Hall–Kier alpha value is -7.33. The van der Waals surface area contributed by atoms with E-state index in [4.69, 9.17) is 23.4 Å². The number of ether oxygens (including phenoxy) is 1. The fourth-order valence-electron chi connectivity index (χ4n) is 8.71. The van der Waals surface area contributed by atoms with Crippen molar-refractivity contribution in [1.82, 2.24) is 14.1 Å². The summed E-state index contributed by atoms with van der Waals surface area (Å²) in [5, 5.41) is 2.04. The zero-order valence-corrected chi connectivity index (χ0v) is 37.6. The van der Waals surface area contributed by atoms with Crippen molar-refractivity contribution in [2.75, 3.05) is 0 Å². The van der Waals surface area contributed by atoms with Crippen LogP contribution in [0.4, 0.5) is 0 Å². The van der Waals surface area contributed by atoms with Crippen molar-refractivity contribution < 1.29 is 44.1 Å². The van der Waals surface area contributed by atoms with E-state index in [1.54, 1.807) is 33.4 Å². The van der Waals surface area contributed by atoms with Crippen LogP contribution in [0.25, 0.3) is 83.4 Å². The number of aromatic nitrogens is 4. The van der Waals surface area contributed by atoms with Crippen LogP contribution in [0.2, 0.25) is 0 Å². The van der Waals surface area contributed by atoms with Gasteiger partial charge < -0.3 is 13.9 Å². The van der Waals surface area contributed by atoms with Crippen molar-refractivity contribution in [3.05, 3.63) is 224 Å². The molecule has 0 saturated heterocycles. The molecule has 8 aromatic carbocycles. The molecule has 0 radical (unpaired) electrons. The first-order valence-electron chi connectivity index (χ1n) is 26.2. The van der Waals surface area contributed by atoms with Crippen LogP contribution >= 0.6 is 0 Å². The first-order chi connectivity index (χ1) is 35.8. The maximum atomic E-state index is 9.14. The molecular formula is C59H44N4OPt-2. The van der Waals surface area contributed by atoms with Crippen molar-refractivity contribution in [3.8, 4) is 62.1 Å². The number of benzene rings is 8. The van der Waals surface area contributed by atoms with Gasteiger partial charge in [-0.05, 0) is 93.0 Å². The number of hydrogen-bond acceptors (Lipinski definition) is 2. The van der Waals surface area contributed by atoms with Gasteiger partial charge in [0, 0.05) is 44.3 Å². The summed E-state index contributed by atoms with van der Waals surface area (Å²) in [6.07, 6.45) is 7.37. The van der Waals surface area contributed by atoms with Crippen molar-refractivity contribution >= 4 is 32.8 Å². The van der Waals surface area contributed by atoms with Crippen LogP contribution in [-0.2, 0) is 21.1 Å². The third-order valence-electron chi connectivity index (χ3n) is 11.8.